The van der Waals surface area contributed by atoms with Crippen molar-refractivity contribution < 1.29 is 17.9 Å². The van der Waals surface area contributed by atoms with Gasteiger partial charge in [-0.1, -0.05) is 6.07 Å². The summed E-state index contributed by atoms with van der Waals surface area (Å²) in [6.45, 7) is 2.65. The lowest BCUT2D eigenvalue weighted by molar-refractivity contribution is 0.166. The number of para-hydroxylation sites is 1. The normalized spacial score (nSPS) is 20.3. The Kier molecular flexibility index (Phi) is 4.29. The van der Waals surface area contributed by atoms with Crippen molar-refractivity contribution in [3.8, 4) is 11.5 Å². The van der Waals surface area contributed by atoms with E-state index in [1.165, 1.54) is 4.31 Å². The summed E-state index contributed by atoms with van der Waals surface area (Å²) in [6.07, 6.45) is 1.69. The molecule has 3 rings (SSSR count). The summed E-state index contributed by atoms with van der Waals surface area (Å²) in [7, 11) is 0.132. The van der Waals surface area contributed by atoms with Gasteiger partial charge in [0, 0.05) is 13.1 Å². The highest BCUT2D eigenvalue weighted by molar-refractivity contribution is 7.89. The number of sulfonamides is 1. The fourth-order valence-corrected chi connectivity index (χ4v) is 4.52. The molecule has 1 aromatic carbocycles. The van der Waals surface area contributed by atoms with Gasteiger partial charge in [0.2, 0.25) is 10.0 Å². The quantitative estimate of drug-likeness (QED) is 0.834. The van der Waals surface area contributed by atoms with E-state index in [4.69, 9.17) is 9.47 Å². The second-order valence-electron chi connectivity index (χ2n) is 5.84. The molecule has 0 bridgehead atoms. The fourth-order valence-electron chi connectivity index (χ4n) is 2.96. The summed E-state index contributed by atoms with van der Waals surface area (Å²) < 4.78 is 38.5. The Hall–Kier alpha value is -1.31. The number of likely N-dealkylation sites (tertiary alicyclic amines) is 1. The van der Waals surface area contributed by atoms with Gasteiger partial charge in [0.25, 0.3) is 0 Å². The zero-order valence-electron chi connectivity index (χ0n) is 13.0. The first-order chi connectivity index (χ1) is 10.5. The fraction of sp³-hybridized carbons (Fsp3) is 0.600. The molecule has 0 saturated carbocycles. The first-order valence-corrected chi connectivity index (χ1v) is 8.99. The number of hydrogen-bond donors (Lipinski definition) is 0. The highest BCUT2D eigenvalue weighted by atomic mass is 32.2. The molecule has 0 radical (unpaired) electrons. The van der Waals surface area contributed by atoms with Gasteiger partial charge in [0.15, 0.2) is 11.5 Å². The van der Waals surface area contributed by atoms with Crippen LogP contribution < -0.4 is 9.47 Å². The van der Waals surface area contributed by atoms with E-state index in [1.807, 2.05) is 0 Å². The lowest BCUT2D eigenvalue weighted by Gasteiger charge is -2.34. The maximum absolute atomic E-state index is 13.0. The van der Waals surface area contributed by atoms with Gasteiger partial charge in [0.1, 0.15) is 18.1 Å². The molecule has 7 heteroatoms. The van der Waals surface area contributed by atoms with Crippen LogP contribution in [0.15, 0.2) is 23.1 Å². The van der Waals surface area contributed by atoms with E-state index in [2.05, 4.69) is 11.9 Å². The lowest BCUT2D eigenvalue weighted by atomic mass is 10.1. The number of rotatable bonds is 3. The molecule has 0 amide bonds. The summed E-state index contributed by atoms with van der Waals surface area (Å²) in [5.74, 6) is 0.845. The van der Waals surface area contributed by atoms with Crippen LogP contribution in [0.4, 0.5) is 0 Å². The average Bonchev–Trinajstić information content (AvgIpc) is 2.54. The van der Waals surface area contributed by atoms with Crippen molar-refractivity contribution in [3.05, 3.63) is 18.2 Å². The molecule has 0 aromatic heterocycles. The monoisotopic (exact) mass is 326 g/mol. The molecule has 1 fully saturated rings. The molecule has 6 nitrogen and oxygen atoms in total. The number of piperidine rings is 1. The molecule has 0 aliphatic carbocycles. The van der Waals surface area contributed by atoms with Gasteiger partial charge in [-0.05, 0) is 45.1 Å². The first-order valence-electron chi connectivity index (χ1n) is 7.55. The largest absolute Gasteiger partial charge is 0.486 e. The minimum atomic E-state index is -3.59. The number of nitrogens with zero attached hydrogens (tertiary/aromatic N) is 2. The van der Waals surface area contributed by atoms with Crippen LogP contribution in [0.3, 0.4) is 0 Å². The number of ether oxygens (including phenoxy) is 2. The Labute approximate surface area is 131 Å². The van der Waals surface area contributed by atoms with Crippen LogP contribution in [-0.2, 0) is 10.0 Å². The standard InChI is InChI=1S/C15H22N2O4S/c1-16-8-6-12(7-9-16)17(2)22(18,19)14-5-3-4-13-15(14)21-11-10-20-13/h3-5,12H,6-11H2,1-2H3. The predicted molar refractivity (Wildman–Crippen MR) is 82.9 cm³/mol. The van der Waals surface area contributed by atoms with E-state index < -0.39 is 10.0 Å². The summed E-state index contributed by atoms with van der Waals surface area (Å²) in [5.41, 5.74) is 0. The van der Waals surface area contributed by atoms with Crippen LogP contribution in [0.2, 0.25) is 0 Å². The van der Waals surface area contributed by atoms with Crippen molar-refractivity contribution in [1.82, 2.24) is 9.21 Å². The molecule has 122 valence electrons. The third kappa shape index (κ3) is 2.80. The first kappa shape index (κ1) is 15.6. The van der Waals surface area contributed by atoms with E-state index in [9.17, 15) is 8.42 Å². The smallest absolute Gasteiger partial charge is 0.246 e. The van der Waals surface area contributed by atoms with Gasteiger partial charge in [-0.2, -0.15) is 4.31 Å². The summed E-state index contributed by atoms with van der Waals surface area (Å²) in [6, 6.07) is 5.06. The Morgan fingerprint density at radius 1 is 1.18 bits per heavy atom. The van der Waals surface area contributed by atoms with E-state index in [-0.39, 0.29) is 10.9 Å². The predicted octanol–water partition coefficient (Wildman–Crippen LogP) is 1.17. The second kappa shape index (κ2) is 6.06. The summed E-state index contributed by atoms with van der Waals surface area (Å²) >= 11 is 0. The molecule has 2 aliphatic rings. The maximum atomic E-state index is 13.0. The van der Waals surface area contributed by atoms with E-state index in [0.29, 0.717) is 24.7 Å². The van der Waals surface area contributed by atoms with Gasteiger partial charge in [-0.25, -0.2) is 8.42 Å². The second-order valence-corrected chi connectivity index (χ2v) is 7.80. The molecule has 2 heterocycles. The zero-order chi connectivity index (χ0) is 15.7. The zero-order valence-corrected chi connectivity index (χ0v) is 13.8. The van der Waals surface area contributed by atoms with Crippen molar-refractivity contribution in [2.45, 2.75) is 23.8 Å². The van der Waals surface area contributed by atoms with E-state index >= 15 is 0 Å². The highest BCUT2D eigenvalue weighted by Crippen LogP contribution is 2.38. The summed E-state index contributed by atoms with van der Waals surface area (Å²) in [4.78, 5) is 2.42. The minimum absolute atomic E-state index is 0.0292. The Morgan fingerprint density at radius 3 is 2.59 bits per heavy atom. The van der Waals surface area contributed by atoms with Crippen LogP contribution in [0.25, 0.3) is 0 Å². The minimum Gasteiger partial charge on any atom is -0.486 e. The third-order valence-corrected chi connectivity index (χ3v) is 6.32. The molecule has 1 saturated heterocycles. The van der Waals surface area contributed by atoms with Crippen LogP contribution in [0.5, 0.6) is 11.5 Å². The Morgan fingerprint density at radius 2 is 1.86 bits per heavy atom. The Bertz CT molecular complexity index is 639. The van der Waals surface area contributed by atoms with Gasteiger partial charge in [-0.3, -0.25) is 0 Å². The van der Waals surface area contributed by atoms with Crippen LogP contribution >= 0.6 is 0 Å². The lowest BCUT2D eigenvalue weighted by Crippen LogP contribution is -2.44. The molecular weight excluding hydrogens is 304 g/mol. The van der Waals surface area contributed by atoms with Gasteiger partial charge >= 0.3 is 0 Å². The average molecular weight is 326 g/mol. The molecular formula is C15H22N2O4S. The van der Waals surface area contributed by atoms with Crippen molar-refractivity contribution in [2.75, 3.05) is 40.4 Å². The molecule has 0 unspecified atom stereocenters. The molecule has 0 N–H and O–H groups in total. The molecule has 0 atom stereocenters. The van der Waals surface area contributed by atoms with Crippen LogP contribution in [0, 0.1) is 0 Å². The molecule has 2 aliphatic heterocycles. The number of fused-ring (bicyclic) bond motifs is 1. The van der Waals surface area contributed by atoms with Crippen molar-refractivity contribution in [2.24, 2.45) is 0 Å². The number of benzene rings is 1. The highest BCUT2D eigenvalue weighted by Gasteiger charge is 2.33. The molecule has 0 spiro atoms. The topological polar surface area (TPSA) is 59.1 Å². The van der Waals surface area contributed by atoms with Crippen LogP contribution in [-0.4, -0.2) is 64.1 Å². The maximum Gasteiger partial charge on any atom is 0.246 e. The van der Waals surface area contributed by atoms with Gasteiger partial charge < -0.3 is 14.4 Å². The van der Waals surface area contributed by atoms with E-state index in [1.54, 1.807) is 25.2 Å². The third-order valence-electron chi connectivity index (χ3n) is 4.39. The summed E-state index contributed by atoms with van der Waals surface area (Å²) in [5, 5.41) is 0. The molecule has 1 aromatic rings. The van der Waals surface area contributed by atoms with Crippen molar-refractivity contribution in [3.63, 3.8) is 0 Å². The van der Waals surface area contributed by atoms with Gasteiger partial charge in [0.05, 0.1) is 0 Å². The van der Waals surface area contributed by atoms with Crippen molar-refractivity contribution in [1.29, 1.82) is 0 Å². The van der Waals surface area contributed by atoms with Crippen molar-refractivity contribution >= 4 is 10.0 Å². The molecule has 22 heavy (non-hydrogen) atoms. The van der Waals surface area contributed by atoms with Gasteiger partial charge in [-0.15, -0.1) is 0 Å². The number of hydrogen-bond acceptors (Lipinski definition) is 5. The van der Waals surface area contributed by atoms with Crippen LogP contribution in [0.1, 0.15) is 12.8 Å². The SMILES string of the molecule is CN1CCC(N(C)S(=O)(=O)c2cccc3c2OCCO3)CC1. The Balaban J connectivity index is 1.90. The van der Waals surface area contributed by atoms with E-state index in [0.717, 1.165) is 25.9 Å².